The molecule has 1 radical (unpaired) electrons. The van der Waals surface area contributed by atoms with E-state index in [-0.39, 0.29) is 19.5 Å². The average molecular weight is 292 g/mol. The minimum atomic E-state index is 0. The average Bonchev–Trinajstić information content (AvgIpc) is 2.45. The van der Waals surface area contributed by atoms with E-state index in [1.807, 2.05) is 18.5 Å². The molecule has 0 atom stereocenters. The smallest absolute Gasteiger partial charge is 0.0481 e. The van der Waals surface area contributed by atoms with Crippen molar-refractivity contribution in [2.24, 2.45) is 0 Å². The predicted molar refractivity (Wildman–Crippen MR) is 54.0 cm³/mol. The molecular formula is C10H13N4Rh-. The van der Waals surface area contributed by atoms with E-state index >= 15 is 0 Å². The van der Waals surface area contributed by atoms with Gasteiger partial charge in [-0.1, -0.05) is 12.6 Å². The van der Waals surface area contributed by atoms with Gasteiger partial charge >= 0.3 is 0 Å². The van der Waals surface area contributed by atoms with Gasteiger partial charge in [0.25, 0.3) is 0 Å². The standard InChI is InChI=1S/C10H13N4.Rh/c1-6(2)14-10-9(8(4)13-14)7(3)11-5-12-10;/h6H,1-4H3;/q-1;. The number of aromatic nitrogens is 4. The fourth-order valence-electron chi connectivity index (χ4n) is 1.63. The number of rotatable bonds is 1. The summed E-state index contributed by atoms with van der Waals surface area (Å²) in [5, 5.41) is 5.50. The van der Waals surface area contributed by atoms with Crippen molar-refractivity contribution in [3.8, 4) is 0 Å². The van der Waals surface area contributed by atoms with Gasteiger partial charge in [-0.15, -0.1) is 0 Å². The first-order chi connectivity index (χ1) is 6.61. The van der Waals surface area contributed by atoms with Crippen molar-refractivity contribution >= 4 is 11.0 Å². The molecule has 2 rings (SSSR count). The van der Waals surface area contributed by atoms with Gasteiger partial charge in [0.15, 0.2) is 0 Å². The van der Waals surface area contributed by atoms with Crippen LogP contribution in [-0.4, -0.2) is 19.7 Å². The molecule has 0 unspecified atom stereocenters. The fraction of sp³-hybridized carbons (Fsp3) is 0.500. The van der Waals surface area contributed by atoms with Crippen LogP contribution in [0.4, 0.5) is 0 Å². The van der Waals surface area contributed by atoms with Gasteiger partial charge < -0.3 is 9.97 Å². The maximum atomic E-state index is 4.44. The van der Waals surface area contributed by atoms with E-state index in [1.54, 1.807) is 0 Å². The molecule has 0 bridgehead atoms. The molecule has 83 valence electrons. The van der Waals surface area contributed by atoms with Crippen molar-refractivity contribution in [3.05, 3.63) is 17.7 Å². The summed E-state index contributed by atoms with van der Waals surface area (Å²) in [6.07, 6.45) is 2.65. The fourth-order valence-corrected chi connectivity index (χ4v) is 1.63. The van der Waals surface area contributed by atoms with Crippen LogP contribution in [0.15, 0.2) is 0 Å². The van der Waals surface area contributed by atoms with Gasteiger partial charge in [-0.3, -0.25) is 4.68 Å². The van der Waals surface area contributed by atoms with Crippen LogP contribution in [0.2, 0.25) is 0 Å². The zero-order valence-corrected chi connectivity index (χ0v) is 10.8. The molecule has 2 heterocycles. The monoisotopic (exact) mass is 292 g/mol. The molecule has 0 saturated heterocycles. The van der Waals surface area contributed by atoms with E-state index in [0.717, 1.165) is 22.4 Å². The van der Waals surface area contributed by atoms with E-state index < -0.39 is 0 Å². The van der Waals surface area contributed by atoms with E-state index in [1.165, 1.54) is 0 Å². The molecule has 0 fully saturated rings. The Labute approximate surface area is 102 Å². The van der Waals surface area contributed by atoms with E-state index in [0.29, 0.717) is 6.04 Å². The number of aryl methyl sites for hydroxylation is 2. The molecule has 0 aliphatic carbocycles. The Kier molecular flexibility index (Phi) is 3.55. The summed E-state index contributed by atoms with van der Waals surface area (Å²) in [6.45, 7) is 8.12. The van der Waals surface area contributed by atoms with Crippen LogP contribution in [0.1, 0.15) is 31.3 Å². The minimum absolute atomic E-state index is 0. The summed E-state index contributed by atoms with van der Waals surface area (Å²) >= 11 is 0. The summed E-state index contributed by atoms with van der Waals surface area (Å²) in [6, 6.07) is 0.314. The first-order valence-corrected chi connectivity index (χ1v) is 4.70. The number of nitrogens with zero attached hydrogens (tertiary/aromatic N) is 4. The molecular weight excluding hydrogens is 279 g/mol. The molecule has 15 heavy (non-hydrogen) atoms. The van der Waals surface area contributed by atoms with Crippen LogP contribution in [0.3, 0.4) is 0 Å². The molecule has 0 amide bonds. The zero-order chi connectivity index (χ0) is 10.3. The number of hydrogen-bond acceptors (Lipinski definition) is 3. The third-order valence-electron chi connectivity index (χ3n) is 2.28. The van der Waals surface area contributed by atoms with Gasteiger partial charge in [0.05, 0.1) is 0 Å². The Morgan fingerprint density at radius 1 is 1.13 bits per heavy atom. The molecule has 2 aromatic rings. The Bertz CT molecular complexity index is 475. The Morgan fingerprint density at radius 3 is 2.40 bits per heavy atom. The maximum Gasteiger partial charge on any atom is 0.0481 e. The van der Waals surface area contributed by atoms with Crippen LogP contribution in [-0.2, 0) is 19.5 Å². The van der Waals surface area contributed by atoms with Crippen LogP contribution < -0.4 is 0 Å². The normalized spacial score (nSPS) is 10.7. The molecule has 0 saturated carbocycles. The summed E-state index contributed by atoms with van der Waals surface area (Å²) in [4.78, 5) is 8.20. The Hall–Kier alpha value is -0.827. The molecule has 0 aliphatic rings. The largest absolute Gasteiger partial charge is 0.370 e. The van der Waals surface area contributed by atoms with Gasteiger partial charge in [-0.2, -0.15) is 5.10 Å². The molecule has 0 aromatic carbocycles. The van der Waals surface area contributed by atoms with E-state index in [9.17, 15) is 0 Å². The summed E-state index contributed by atoms with van der Waals surface area (Å²) < 4.78 is 1.91. The van der Waals surface area contributed by atoms with Gasteiger partial charge in [-0.25, -0.2) is 0 Å². The molecule has 2 aromatic heterocycles. The second kappa shape index (κ2) is 4.35. The Balaban J connectivity index is 0.00000112. The van der Waals surface area contributed by atoms with Crippen molar-refractivity contribution in [2.75, 3.05) is 0 Å². The van der Waals surface area contributed by atoms with Gasteiger partial charge in [-0.05, 0) is 26.2 Å². The number of fused-ring (bicyclic) bond motifs is 1. The minimum Gasteiger partial charge on any atom is -0.370 e. The van der Waals surface area contributed by atoms with Gasteiger partial charge in [0, 0.05) is 43.2 Å². The SMILES string of the molecule is Cc1n[c-]nc2c1c(C)nn2C(C)C.[Rh]. The van der Waals surface area contributed by atoms with Crippen LogP contribution in [0, 0.1) is 20.2 Å². The predicted octanol–water partition coefficient (Wildman–Crippen LogP) is 1.82. The molecule has 5 heteroatoms. The molecule has 0 spiro atoms. The third-order valence-corrected chi connectivity index (χ3v) is 2.28. The first-order valence-electron chi connectivity index (χ1n) is 4.70. The van der Waals surface area contributed by atoms with Crippen molar-refractivity contribution in [3.63, 3.8) is 0 Å². The second-order valence-electron chi connectivity index (χ2n) is 3.73. The molecule has 4 nitrogen and oxygen atoms in total. The maximum absolute atomic E-state index is 4.44. The van der Waals surface area contributed by atoms with E-state index in [4.69, 9.17) is 0 Å². The van der Waals surface area contributed by atoms with Crippen molar-refractivity contribution < 1.29 is 19.5 Å². The van der Waals surface area contributed by atoms with Crippen LogP contribution >= 0.6 is 0 Å². The Morgan fingerprint density at radius 2 is 1.80 bits per heavy atom. The molecule has 0 aliphatic heterocycles. The van der Waals surface area contributed by atoms with Crippen molar-refractivity contribution in [2.45, 2.75) is 33.7 Å². The van der Waals surface area contributed by atoms with Gasteiger partial charge in [0.1, 0.15) is 0 Å². The van der Waals surface area contributed by atoms with E-state index in [2.05, 4.69) is 35.2 Å². The third kappa shape index (κ3) is 1.93. The second-order valence-corrected chi connectivity index (χ2v) is 3.73. The number of hydrogen-bond donors (Lipinski definition) is 0. The van der Waals surface area contributed by atoms with Crippen LogP contribution in [0.5, 0.6) is 0 Å². The quantitative estimate of drug-likeness (QED) is 0.595. The topological polar surface area (TPSA) is 43.6 Å². The van der Waals surface area contributed by atoms with Gasteiger partial charge in [0.2, 0.25) is 0 Å². The summed E-state index contributed by atoms with van der Waals surface area (Å²) in [5.74, 6) is 0. The van der Waals surface area contributed by atoms with Crippen LogP contribution in [0.25, 0.3) is 11.0 Å². The first kappa shape index (κ1) is 12.2. The molecule has 0 N–H and O–H groups in total. The van der Waals surface area contributed by atoms with Crippen molar-refractivity contribution in [1.29, 1.82) is 0 Å². The van der Waals surface area contributed by atoms with Crippen molar-refractivity contribution in [1.82, 2.24) is 19.7 Å². The summed E-state index contributed by atoms with van der Waals surface area (Å²) in [7, 11) is 0. The summed E-state index contributed by atoms with van der Waals surface area (Å²) in [5.41, 5.74) is 2.81. The zero-order valence-electron chi connectivity index (χ0n) is 9.20.